The fraction of sp³-hybridized carbons (Fsp3) is 0.886. The summed E-state index contributed by atoms with van der Waals surface area (Å²) in [5.41, 5.74) is 2.94. The smallest absolute Gasteiger partial charge is 0.152 e. The molecule has 5 fully saturated rings. The van der Waals surface area contributed by atoms with E-state index in [9.17, 15) is 8.42 Å². The Labute approximate surface area is 246 Å². The van der Waals surface area contributed by atoms with Crippen LogP contribution in [0.15, 0.2) is 18.2 Å². The van der Waals surface area contributed by atoms with Crippen molar-refractivity contribution >= 4 is 9.84 Å². The van der Waals surface area contributed by atoms with Crippen molar-refractivity contribution in [2.45, 2.75) is 105 Å². The Morgan fingerprint density at radius 1 is 0.950 bits per heavy atom. The van der Waals surface area contributed by atoms with Crippen LogP contribution < -0.4 is 5.32 Å². The van der Waals surface area contributed by atoms with Gasteiger partial charge in [-0.05, 0) is 122 Å². The van der Waals surface area contributed by atoms with Crippen LogP contribution in [-0.2, 0) is 9.84 Å². The van der Waals surface area contributed by atoms with Crippen molar-refractivity contribution in [2.75, 3.05) is 37.7 Å². The van der Waals surface area contributed by atoms with Gasteiger partial charge in [-0.1, -0.05) is 52.8 Å². The van der Waals surface area contributed by atoms with Crippen LogP contribution in [0.5, 0.6) is 0 Å². The zero-order valence-electron chi connectivity index (χ0n) is 26.4. The molecule has 6 aliphatic rings. The molecule has 5 aliphatic carbocycles. The topological polar surface area (TPSA) is 49.4 Å². The lowest BCUT2D eigenvalue weighted by Gasteiger charge is -2.72. The Morgan fingerprint density at radius 3 is 2.38 bits per heavy atom. The predicted octanol–water partition coefficient (Wildman–Crippen LogP) is 6.69. The zero-order chi connectivity index (χ0) is 28.8. The zero-order valence-corrected chi connectivity index (χ0v) is 27.3. The molecule has 1 aliphatic heterocycles. The van der Waals surface area contributed by atoms with Crippen LogP contribution in [-0.4, -0.2) is 56.5 Å². The van der Waals surface area contributed by atoms with Crippen LogP contribution in [0.2, 0.25) is 0 Å². The highest BCUT2D eigenvalue weighted by Crippen LogP contribution is 2.75. The number of sulfone groups is 1. The van der Waals surface area contributed by atoms with Crippen LogP contribution in [0.25, 0.3) is 0 Å². The van der Waals surface area contributed by atoms with E-state index in [0.29, 0.717) is 52.7 Å². The molecule has 1 radical (unpaired) electrons. The molecule has 0 spiro atoms. The number of hydrogen-bond acceptors (Lipinski definition) is 4. The Bertz CT molecular complexity index is 1150. The standard InChI is InChI=1S/C35H57N2O2S/c1-25(2)26-11-16-35(36-19-20-37-21-23-40(38,39)24-22-37)18-17-33(6)27(30(26)35)9-10-29-32(5)14-8-13-31(3,4)28(32)12-15-34(29,33)7/h8,26-30,36H,1,9-12,14-24H2,2-7H3/t26-,27+,28+,29+,30+,32+,33+,34+,35-/m0/s1. The molecule has 0 amide bonds. The van der Waals surface area contributed by atoms with E-state index in [0.717, 1.165) is 30.8 Å². The molecule has 0 bridgehead atoms. The van der Waals surface area contributed by atoms with Gasteiger partial charge >= 0.3 is 0 Å². The molecule has 225 valence electrons. The second-order valence-electron chi connectivity index (χ2n) is 16.5. The molecule has 40 heavy (non-hydrogen) atoms. The highest BCUT2D eigenvalue weighted by atomic mass is 32.2. The lowest BCUT2D eigenvalue weighted by Crippen LogP contribution is -2.68. The normalized spacial score (nSPS) is 49.4. The molecule has 1 heterocycles. The van der Waals surface area contributed by atoms with E-state index in [4.69, 9.17) is 0 Å². The molecule has 1 saturated heterocycles. The van der Waals surface area contributed by atoms with Crippen LogP contribution in [0.3, 0.4) is 0 Å². The van der Waals surface area contributed by atoms with Gasteiger partial charge in [-0.3, -0.25) is 0 Å². The van der Waals surface area contributed by atoms with Gasteiger partial charge in [-0.15, -0.1) is 0 Å². The highest BCUT2D eigenvalue weighted by Gasteiger charge is 2.70. The fourth-order valence-electron chi connectivity index (χ4n) is 12.4. The van der Waals surface area contributed by atoms with E-state index in [1.165, 1.54) is 63.4 Å². The van der Waals surface area contributed by atoms with Gasteiger partial charge in [-0.2, -0.15) is 0 Å². The third kappa shape index (κ3) is 4.28. The second kappa shape index (κ2) is 9.68. The fourth-order valence-corrected chi connectivity index (χ4v) is 13.6. The number of hydrogen-bond donors (Lipinski definition) is 1. The van der Waals surface area contributed by atoms with Crippen molar-refractivity contribution in [2.24, 2.45) is 51.2 Å². The summed E-state index contributed by atoms with van der Waals surface area (Å²) in [7, 11) is -2.83. The van der Waals surface area contributed by atoms with Crippen LogP contribution in [0.4, 0.5) is 0 Å². The van der Waals surface area contributed by atoms with Gasteiger partial charge in [0.25, 0.3) is 0 Å². The summed E-state index contributed by atoms with van der Waals surface area (Å²) in [4.78, 5) is 2.36. The Balaban J connectivity index is 1.26. The van der Waals surface area contributed by atoms with Gasteiger partial charge in [0.2, 0.25) is 0 Å². The average molecular weight is 570 g/mol. The van der Waals surface area contributed by atoms with Crippen molar-refractivity contribution in [1.82, 2.24) is 10.2 Å². The first-order chi connectivity index (χ1) is 18.7. The third-order valence-corrected chi connectivity index (χ3v) is 16.2. The minimum absolute atomic E-state index is 0.187. The Hall–Kier alpha value is -0.650. The lowest BCUT2D eigenvalue weighted by molar-refractivity contribution is -0.221. The Kier molecular flexibility index (Phi) is 7.12. The Morgan fingerprint density at radius 2 is 1.68 bits per heavy atom. The highest BCUT2D eigenvalue weighted by molar-refractivity contribution is 7.91. The second-order valence-corrected chi connectivity index (χ2v) is 18.8. The van der Waals surface area contributed by atoms with Crippen molar-refractivity contribution in [3.63, 3.8) is 0 Å². The summed E-state index contributed by atoms with van der Waals surface area (Å²) in [5.74, 6) is 4.22. The minimum atomic E-state index is -2.83. The van der Waals surface area contributed by atoms with Crippen LogP contribution >= 0.6 is 0 Å². The largest absolute Gasteiger partial charge is 0.310 e. The van der Waals surface area contributed by atoms with Gasteiger partial charge in [0, 0.05) is 31.7 Å². The molecular formula is C35H57N2O2S. The first-order valence-corrected chi connectivity index (χ1v) is 18.4. The molecule has 4 saturated carbocycles. The molecule has 0 unspecified atom stereocenters. The molecule has 9 atom stereocenters. The summed E-state index contributed by atoms with van der Waals surface area (Å²) in [6.07, 6.45) is 18.0. The van der Waals surface area contributed by atoms with Gasteiger partial charge in [0.1, 0.15) is 0 Å². The maximum absolute atomic E-state index is 11.9. The van der Waals surface area contributed by atoms with E-state index < -0.39 is 9.84 Å². The molecule has 0 aromatic carbocycles. The number of nitrogens with zero attached hydrogens (tertiary/aromatic N) is 1. The lowest BCUT2D eigenvalue weighted by atomic mass is 9.33. The predicted molar refractivity (Wildman–Crippen MR) is 166 cm³/mol. The quantitative estimate of drug-likeness (QED) is 0.375. The van der Waals surface area contributed by atoms with Gasteiger partial charge in [0.15, 0.2) is 9.84 Å². The molecular weight excluding hydrogens is 512 g/mol. The monoisotopic (exact) mass is 569 g/mol. The number of rotatable bonds is 5. The summed E-state index contributed by atoms with van der Waals surface area (Å²) in [6, 6.07) is 0. The van der Waals surface area contributed by atoms with E-state index >= 15 is 0 Å². The first-order valence-electron chi connectivity index (χ1n) is 16.6. The van der Waals surface area contributed by atoms with Crippen LogP contribution in [0, 0.1) is 57.3 Å². The molecule has 5 heteroatoms. The number of nitrogens with one attached hydrogen (secondary N) is 1. The average Bonchev–Trinajstić information content (AvgIpc) is 3.25. The van der Waals surface area contributed by atoms with Gasteiger partial charge < -0.3 is 10.2 Å². The SMILES string of the molecule is C=C(C)[C@@H]1CC[C@]2(NCCN3CCS(=O)(=O)CC3)CC[C@]3(C)[C@H](CC[C@@H]4[C@]5(C)CC=[C]C(C)(C)[C@H]5CC[C@]43C)[C@@H]12. The van der Waals surface area contributed by atoms with E-state index in [1.54, 1.807) is 0 Å². The molecule has 6 rings (SSSR count). The van der Waals surface area contributed by atoms with Crippen molar-refractivity contribution < 1.29 is 8.42 Å². The van der Waals surface area contributed by atoms with Crippen LogP contribution in [0.1, 0.15) is 99.3 Å². The van der Waals surface area contributed by atoms with Gasteiger partial charge in [-0.25, -0.2) is 8.42 Å². The third-order valence-electron chi connectivity index (χ3n) is 14.6. The van der Waals surface area contributed by atoms with E-state index in [-0.39, 0.29) is 11.0 Å². The molecule has 4 nitrogen and oxygen atoms in total. The molecule has 1 N–H and O–H groups in total. The van der Waals surface area contributed by atoms with E-state index in [1.807, 2.05) is 0 Å². The summed E-state index contributed by atoms with van der Waals surface area (Å²) < 4.78 is 23.9. The van der Waals surface area contributed by atoms with Crippen molar-refractivity contribution in [3.8, 4) is 0 Å². The first kappa shape index (κ1) is 29.4. The molecule has 0 aromatic rings. The maximum atomic E-state index is 11.9. The molecule has 0 aromatic heterocycles. The summed E-state index contributed by atoms with van der Waals surface area (Å²) in [6.45, 7) is 23.2. The minimum Gasteiger partial charge on any atom is -0.310 e. The van der Waals surface area contributed by atoms with Crippen molar-refractivity contribution in [3.05, 3.63) is 24.3 Å². The summed E-state index contributed by atoms with van der Waals surface area (Å²) >= 11 is 0. The number of fused-ring (bicyclic) bond motifs is 7. The number of allylic oxidation sites excluding steroid dienone is 3. The van der Waals surface area contributed by atoms with Gasteiger partial charge in [0.05, 0.1) is 11.5 Å². The summed E-state index contributed by atoms with van der Waals surface area (Å²) in [5, 5.41) is 4.20. The van der Waals surface area contributed by atoms with Crippen molar-refractivity contribution in [1.29, 1.82) is 0 Å². The maximum Gasteiger partial charge on any atom is 0.152 e. The van der Waals surface area contributed by atoms with E-state index in [2.05, 4.69) is 70.5 Å².